The normalized spacial score (nSPS) is 28.2. The first kappa shape index (κ1) is 19.9. The molecule has 0 radical (unpaired) electrons. The van der Waals surface area contributed by atoms with Gasteiger partial charge in [0.1, 0.15) is 36.3 Å². The lowest BCUT2D eigenvalue weighted by Crippen LogP contribution is -2.55. The van der Waals surface area contributed by atoms with Crippen LogP contribution >= 0.6 is 11.3 Å². The van der Waals surface area contributed by atoms with Crippen LogP contribution in [0.5, 0.6) is 5.75 Å². The summed E-state index contributed by atoms with van der Waals surface area (Å²) in [6, 6.07) is 8.20. The fourth-order valence-electron chi connectivity index (χ4n) is 3.27. The highest BCUT2D eigenvalue weighted by Gasteiger charge is 2.45. The first-order valence-electron chi connectivity index (χ1n) is 8.62. The molecule has 0 saturated carbocycles. The van der Waals surface area contributed by atoms with Crippen LogP contribution in [0.25, 0.3) is 0 Å². The average molecular weight is 394 g/mol. The molecule has 8 heteroatoms. The van der Waals surface area contributed by atoms with E-state index < -0.39 is 37.1 Å². The lowest BCUT2D eigenvalue weighted by atomic mass is 9.87. The van der Waals surface area contributed by atoms with Gasteiger partial charge in [-0.15, -0.1) is 11.3 Å². The van der Waals surface area contributed by atoms with Gasteiger partial charge in [-0.2, -0.15) is 0 Å². The number of benzene rings is 1. The molecule has 5 atom stereocenters. The van der Waals surface area contributed by atoms with Gasteiger partial charge in [-0.25, -0.2) is 0 Å². The predicted octanol–water partition coefficient (Wildman–Crippen LogP) is 0.784. The predicted molar refractivity (Wildman–Crippen MR) is 97.8 cm³/mol. The van der Waals surface area contributed by atoms with E-state index in [4.69, 9.17) is 4.74 Å². The molecule has 1 saturated heterocycles. The van der Waals surface area contributed by atoms with Gasteiger partial charge in [-0.1, -0.05) is 18.2 Å². The number of aliphatic hydroxyl groups is 4. The summed E-state index contributed by atoms with van der Waals surface area (Å²) < 4.78 is 5.54. The number of carbonyl (C=O) groups excluding carboxylic acids is 1. The number of thiophene rings is 1. The summed E-state index contributed by atoms with van der Waals surface area (Å²) in [5.41, 5.74) is 0.224. The number of hydrogen-bond donors (Lipinski definition) is 5. The fourth-order valence-corrected chi connectivity index (χ4v) is 3.98. The van der Waals surface area contributed by atoms with Gasteiger partial charge in [0.2, 0.25) is 0 Å². The number of ketones is 1. The monoisotopic (exact) mass is 394 g/mol. The van der Waals surface area contributed by atoms with Gasteiger partial charge in [0.15, 0.2) is 5.78 Å². The maximum Gasteiger partial charge on any atom is 0.167 e. The molecule has 2 heterocycles. The van der Waals surface area contributed by atoms with Gasteiger partial charge >= 0.3 is 0 Å². The second-order valence-corrected chi connectivity index (χ2v) is 7.53. The summed E-state index contributed by atoms with van der Waals surface area (Å²) in [5.74, 6) is -0.575. The van der Waals surface area contributed by atoms with E-state index in [-0.39, 0.29) is 29.1 Å². The molecule has 1 aliphatic rings. The number of aromatic hydroxyl groups is 1. The smallest absolute Gasteiger partial charge is 0.167 e. The van der Waals surface area contributed by atoms with Crippen molar-refractivity contribution in [3.63, 3.8) is 0 Å². The van der Waals surface area contributed by atoms with E-state index in [2.05, 4.69) is 0 Å². The molecule has 0 bridgehead atoms. The van der Waals surface area contributed by atoms with E-state index >= 15 is 0 Å². The summed E-state index contributed by atoms with van der Waals surface area (Å²) >= 11 is 1.53. The Hall–Kier alpha value is -1.81. The van der Waals surface area contributed by atoms with Crippen LogP contribution in [0.2, 0.25) is 0 Å². The fraction of sp³-hybridized carbons (Fsp3) is 0.421. The standard InChI is InChI=1S/C19H22O7S/c20-9-14-16(23)17(24)18(25)19(26-14)11-4-1-5-12(21)15(11)13(22)7-6-10-3-2-8-27-10/h1-5,8,14,16-21,23-25H,6-7,9H2/t14-,16-,17+,18-,19+/m1/s1. The van der Waals surface area contributed by atoms with Crippen molar-refractivity contribution in [3.8, 4) is 5.75 Å². The van der Waals surface area contributed by atoms with Gasteiger partial charge in [-0.05, 0) is 29.5 Å². The number of Topliss-reactive ketones (excluding diaryl/α,β-unsaturated/α-hetero) is 1. The Labute approximate surface area is 160 Å². The van der Waals surface area contributed by atoms with Crippen LogP contribution in [-0.4, -0.2) is 62.3 Å². The zero-order chi connectivity index (χ0) is 19.6. The zero-order valence-electron chi connectivity index (χ0n) is 14.4. The molecule has 2 aromatic rings. The van der Waals surface area contributed by atoms with E-state index in [1.54, 1.807) is 0 Å². The molecule has 1 aromatic heterocycles. The first-order chi connectivity index (χ1) is 12.9. The Morgan fingerprint density at radius 1 is 1.07 bits per heavy atom. The highest BCUT2D eigenvalue weighted by molar-refractivity contribution is 7.09. The lowest BCUT2D eigenvalue weighted by molar-refractivity contribution is -0.231. The van der Waals surface area contributed by atoms with Crippen LogP contribution < -0.4 is 0 Å². The number of rotatable bonds is 6. The van der Waals surface area contributed by atoms with Crippen molar-refractivity contribution < 1.29 is 35.1 Å². The van der Waals surface area contributed by atoms with Crippen LogP contribution in [-0.2, 0) is 11.2 Å². The molecule has 0 spiro atoms. The molecular weight excluding hydrogens is 372 g/mol. The second kappa shape index (κ2) is 8.47. The molecule has 0 amide bonds. The van der Waals surface area contributed by atoms with Crippen molar-refractivity contribution in [2.24, 2.45) is 0 Å². The van der Waals surface area contributed by atoms with Crippen molar-refractivity contribution >= 4 is 17.1 Å². The number of aliphatic hydroxyl groups excluding tert-OH is 4. The molecule has 27 heavy (non-hydrogen) atoms. The summed E-state index contributed by atoms with van der Waals surface area (Å²) in [6.07, 6.45) is -6.16. The largest absolute Gasteiger partial charge is 0.507 e. The van der Waals surface area contributed by atoms with Crippen LogP contribution in [0.3, 0.4) is 0 Å². The van der Waals surface area contributed by atoms with Gasteiger partial charge in [0.05, 0.1) is 12.2 Å². The van der Waals surface area contributed by atoms with E-state index in [0.29, 0.717) is 6.42 Å². The number of phenolic OH excluding ortho intramolecular Hbond substituents is 1. The minimum absolute atomic E-state index is 0.0124. The van der Waals surface area contributed by atoms with Crippen LogP contribution in [0.4, 0.5) is 0 Å². The van der Waals surface area contributed by atoms with Crippen LogP contribution in [0, 0.1) is 0 Å². The molecule has 0 aliphatic carbocycles. The Morgan fingerprint density at radius 2 is 1.85 bits per heavy atom. The topological polar surface area (TPSA) is 127 Å². The quantitative estimate of drug-likeness (QED) is 0.458. The van der Waals surface area contributed by atoms with Crippen molar-refractivity contribution in [1.29, 1.82) is 0 Å². The summed E-state index contributed by atoms with van der Waals surface area (Å²) in [5, 5.41) is 51.8. The molecular formula is C19H22O7S. The maximum absolute atomic E-state index is 12.8. The molecule has 146 valence electrons. The number of aryl methyl sites for hydroxylation is 1. The van der Waals surface area contributed by atoms with Crippen molar-refractivity contribution in [2.45, 2.75) is 43.4 Å². The minimum atomic E-state index is -1.56. The van der Waals surface area contributed by atoms with Gasteiger partial charge < -0.3 is 30.3 Å². The highest BCUT2D eigenvalue weighted by Crippen LogP contribution is 2.37. The average Bonchev–Trinajstić information content (AvgIpc) is 3.18. The molecule has 1 aromatic carbocycles. The summed E-state index contributed by atoms with van der Waals surface area (Å²) in [7, 11) is 0. The van der Waals surface area contributed by atoms with E-state index in [9.17, 15) is 30.3 Å². The Kier molecular flexibility index (Phi) is 6.25. The van der Waals surface area contributed by atoms with Crippen molar-refractivity contribution in [2.75, 3.05) is 6.61 Å². The maximum atomic E-state index is 12.8. The van der Waals surface area contributed by atoms with Crippen LogP contribution in [0.15, 0.2) is 35.7 Å². The molecule has 3 rings (SSSR count). The third-order valence-electron chi connectivity index (χ3n) is 4.73. The number of hydrogen-bond acceptors (Lipinski definition) is 8. The Morgan fingerprint density at radius 3 is 2.52 bits per heavy atom. The van der Waals surface area contributed by atoms with E-state index in [1.165, 1.54) is 29.5 Å². The summed E-state index contributed by atoms with van der Waals surface area (Å²) in [6.45, 7) is -0.568. The Balaban J connectivity index is 1.89. The number of carbonyl (C=O) groups is 1. The van der Waals surface area contributed by atoms with Gasteiger partial charge in [-0.3, -0.25) is 4.79 Å². The second-order valence-electron chi connectivity index (χ2n) is 6.49. The summed E-state index contributed by atoms with van der Waals surface area (Å²) in [4.78, 5) is 13.8. The molecule has 7 nitrogen and oxygen atoms in total. The number of phenols is 1. The van der Waals surface area contributed by atoms with Crippen molar-refractivity contribution in [1.82, 2.24) is 0 Å². The molecule has 1 aliphatic heterocycles. The SMILES string of the molecule is O=C(CCc1cccs1)c1c(O)cccc1[C@@H]1O[C@H](CO)[C@@H](O)[C@H](O)[C@H]1O. The van der Waals surface area contributed by atoms with Crippen molar-refractivity contribution in [3.05, 3.63) is 51.7 Å². The molecule has 5 N–H and O–H groups in total. The first-order valence-corrected chi connectivity index (χ1v) is 9.50. The van der Waals surface area contributed by atoms with Gasteiger partial charge in [0.25, 0.3) is 0 Å². The number of ether oxygens (including phenoxy) is 1. The minimum Gasteiger partial charge on any atom is -0.507 e. The molecule has 1 fully saturated rings. The molecule has 0 unspecified atom stereocenters. The van der Waals surface area contributed by atoms with Gasteiger partial charge in [0, 0.05) is 11.3 Å². The van der Waals surface area contributed by atoms with E-state index in [1.807, 2.05) is 17.5 Å². The Bertz CT molecular complexity index is 774. The van der Waals surface area contributed by atoms with Crippen LogP contribution in [0.1, 0.15) is 33.3 Å². The lowest BCUT2D eigenvalue weighted by Gasteiger charge is -2.40. The van der Waals surface area contributed by atoms with E-state index in [0.717, 1.165) is 4.88 Å². The highest BCUT2D eigenvalue weighted by atomic mass is 32.1. The zero-order valence-corrected chi connectivity index (χ0v) is 15.2. The third kappa shape index (κ3) is 4.06. The third-order valence-corrected chi connectivity index (χ3v) is 5.67.